The fourth-order valence-electron chi connectivity index (χ4n) is 5.74. The van der Waals surface area contributed by atoms with Gasteiger partial charge in [0.2, 0.25) is 11.8 Å². The summed E-state index contributed by atoms with van der Waals surface area (Å²) in [6, 6.07) is 0.197. The predicted molar refractivity (Wildman–Crippen MR) is 154 cm³/mol. The highest BCUT2D eigenvalue weighted by atomic mass is 19.4. The van der Waals surface area contributed by atoms with E-state index in [1.54, 1.807) is 11.8 Å². The van der Waals surface area contributed by atoms with Crippen molar-refractivity contribution in [3.05, 3.63) is 41.0 Å². The Balaban J connectivity index is 1.84. The highest BCUT2D eigenvalue weighted by Crippen LogP contribution is 2.45. The topological polar surface area (TPSA) is 121 Å². The van der Waals surface area contributed by atoms with Gasteiger partial charge < -0.3 is 31.1 Å². The Morgan fingerprint density at radius 1 is 1.19 bits per heavy atom. The van der Waals surface area contributed by atoms with Crippen LogP contribution in [0.5, 0.6) is 5.88 Å². The van der Waals surface area contributed by atoms with Gasteiger partial charge >= 0.3 is 6.18 Å². The van der Waals surface area contributed by atoms with E-state index in [9.17, 15) is 22.7 Å². The number of aliphatic hydroxyl groups excluding tert-OH is 1. The van der Waals surface area contributed by atoms with Crippen molar-refractivity contribution in [1.29, 1.82) is 0 Å². The highest BCUT2D eigenvalue weighted by molar-refractivity contribution is 5.97. The summed E-state index contributed by atoms with van der Waals surface area (Å²) in [5.41, 5.74) is 1.16. The van der Waals surface area contributed by atoms with Crippen LogP contribution in [0.2, 0.25) is 0 Å². The fourth-order valence-corrected chi connectivity index (χ4v) is 5.74. The van der Waals surface area contributed by atoms with Gasteiger partial charge in [-0.2, -0.15) is 18.2 Å². The molecule has 0 aliphatic carbocycles. The van der Waals surface area contributed by atoms with Crippen LogP contribution in [0.15, 0.2) is 18.2 Å². The molecule has 2 aromatic heterocycles. The molecule has 2 aliphatic heterocycles. The first-order valence-electron chi connectivity index (χ1n) is 14.1. The molecule has 5 N–H and O–H groups in total. The monoisotopic (exact) mass is 607 g/mol. The maximum atomic E-state index is 16.6. The zero-order chi connectivity index (χ0) is 31.2. The normalized spacial score (nSPS) is 23.1. The smallest absolute Gasteiger partial charge is 0.417 e. The molecule has 4 heterocycles. The number of pyridine rings is 1. The number of nitrogens with two attached hydrogens (primary N) is 1. The minimum Gasteiger partial charge on any atom is -0.474 e. The van der Waals surface area contributed by atoms with E-state index in [1.807, 2.05) is 26.0 Å². The molecule has 4 atom stereocenters. The number of nitrogens with zero attached hydrogens (tertiary/aromatic N) is 4. The Bertz CT molecular complexity index is 1570. The molecule has 1 fully saturated rings. The molecule has 3 aromatic rings. The van der Waals surface area contributed by atoms with Gasteiger partial charge in [0.1, 0.15) is 28.2 Å². The van der Waals surface area contributed by atoms with E-state index in [-0.39, 0.29) is 53.3 Å². The van der Waals surface area contributed by atoms with Crippen molar-refractivity contribution >= 4 is 28.4 Å². The number of nitrogens with one attached hydrogen (secondary N) is 2. The Morgan fingerprint density at radius 3 is 2.58 bits per heavy atom. The molecule has 0 radical (unpaired) electrons. The third-order valence-electron chi connectivity index (χ3n) is 7.91. The number of aliphatic hydroxyl groups is 1. The fraction of sp³-hybridized carbons (Fsp3) is 0.483. The second-order valence-corrected chi connectivity index (χ2v) is 11.0. The van der Waals surface area contributed by atoms with Crippen LogP contribution in [0, 0.1) is 18.6 Å². The maximum absolute atomic E-state index is 16.6. The second kappa shape index (κ2) is 11.7. The number of hydrogen-bond donors (Lipinski definition) is 4. The van der Waals surface area contributed by atoms with Gasteiger partial charge in [0.25, 0.3) is 0 Å². The van der Waals surface area contributed by atoms with E-state index in [4.69, 9.17) is 10.5 Å². The quantitative estimate of drug-likeness (QED) is 0.185. The lowest BCUT2D eigenvalue weighted by Crippen LogP contribution is -2.57. The first-order valence-corrected chi connectivity index (χ1v) is 14.1. The summed E-state index contributed by atoms with van der Waals surface area (Å²) in [5, 5.41) is 16.5. The number of aromatic nitrogens is 3. The van der Waals surface area contributed by atoms with Crippen LogP contribution in [0.3, 0.4) is 0 Å². The Hall–Kier alpha value is -3.78. The molecule has 0 saturated carbocycles. The summed E-state index contributed by atoms with van der Waals surface area (Å²) >= 11 is 0. The lowest BCUT2D eigenvalue weighted by molar-refractivity contribution is -0.137. The summed E-state index contributed by atoms with van der Waals surface area (Å²) in [6.45, 7) is 7.15. The van der Waals surface area contributed by atoms with E-state index in [0.29, 0.717) is 25.9 Å². The van der Waals surface area contributed by atoms with Gasteiger partial charge in [0.05, 0.1) is 30.0 Å². The average molecular weight is 608 g/mol. The van der Waals surface area contributed by atoms with Gasteiger partial charge in [-0.3, -0.25) is 0 Å². The maximum Gasteiger partial charge on any atom is 0.417 e. The van der Waals surface area contributed by atoms with E-state index in [0.717, 1.165) is 13.0 Å². The zero-order valence-electron chi connectivity index (χ0n) is 24.2. The van der Waals surface area contributed by atoms with Crippen LogP contribution >= 0.6 is 0 Å². The van der Waals surface area contributed by atoms with Crippen LogP contribution in [0.4, 0.5) is 39.4 Å². The van der Waals surface area contributed by atoms with Gasteiger partial charge in [-0.1, -0.05) is 12.2 Å². The number of anilines is 3. The molecule has 1 saturated heterocycles. The Labute approximate surface area is 245 Å². The third-order valence-corrected chi connectivity index (χ3v) is 7.91. The molecule has 2 aliphatic rings. The number of hydrogen-bond acceptors (Lipinski definition) is 9. The minimum atomic E-state index is -5.05. The van der Waals surface area contributed by atoms with Gasteiger partial charge in [-0.05, 0) is 58.7 Å². The van der Waals surface area contributed by atoms with E-state index in [2.05, 4.69) is 25.6 Å². The SMILES string of the molecule is C/C=C/C1CNc2nc(N3[C@H](CO)C[C@H]3C)nc3c(F)c(-c4cc(N)c(F)c(C)c4C(F)(F)F)nc(c23)O[C@@H](C)CCN1. The summed E-state index contributed by atoms with van der Waals surface area (Å²) in [4.78, 5) is 15.1. The number of nitrogen functional groups attached to an aromatic ring is 1. The number of benzene rings is 1. The molecule has 5 rings (SSSR count). The van der Waals surface area contributed by atoms with Gasteiger partial charge in [-0.15, -0.1) is 0 Å². The lowest BCUT2D eigenvalue weighted by atomic mass is 9.95. The van der Waals surface area contributed by atoms with Crippen LogP contribution < -0.4 is 26.0 Å². The average Bonchev–Trinajstić information content (AvgIpc) is 2.95. The highest BCUT2D eigenvalue weighted by Gasteiger charge is 2.40. The van der Waals surface area contributed by atoms with Crippen LogP contribution in [0.25, 0.3) is 22.2 Å². The van der Waals surface area contributed by atoms with Crippen molar-refractivity contribution in [2.24, 2.45) is 0 Å². The minimum absolute atomic E-state index is 0.0482. The van der Waals surface area contributed by atoms with Crippen molar-refractivity contribution < 1.29 is 31.8 Å². The van der Waals surface area contributed by atoms with Gasteiger partial charge in [0, 0.05) is 24.2 Å². The number of allylic oxidation sites excluding steroid dienone is 1. The van der Waals surface area contributed by atoms with Crippen LogP contribution in [-0.2, 0) is 6.18 Å². The van der Waals surface area contributed by atoms with Crippen molar-refractivity contribution in [2.45, 2.75) is 70.9 Å². The standard InChI is InChI=1S/C29H34F5N7O2/c1-5-6-16-11-37-26-20-25(39-28(40-26)41-13(2)9-17(41)12-42)23(31)24(38-27(20)43-14(3)7-8-36-16)18-10-19(35)22(30)15(4)21(18)29(32,33)34/h5-6,10,13-14,16-17,36,42H,7-9,11-12,35H2,1-4H3,(H,37,39,40)/b6-5+/t13-,14+,16?,17+/m1/s1. The molecular weight excluding hydrogens is 573 g/mol. The molecular formula is C29H34F5N7O2. The van der Waals surface area contributed by atoms with Crippen molar-refractivity contribution in [3.63, 3.8) is 0 Å². The van der Waals surface area contributed by atoms with Gasteiger partial charge in [0.15, 0.2) is 5.82 Å². The molecule has 1 unspecified atom stereocenters. The van der Waals surface area contributed by atoms with Crippen molar-refractivity contribution in [3.8, 4) is 17.1 Å². The molecule has 232 valence electrons. The van der Waals surface area contributed by atoms with E-state index in [1.165, 1.54) is 0 Å². The zero-order valence-corrected chi connectivity index (χ0v) is 24.2. The Kier molecular flexibility index (Phi) is 8.36. The summed E-state index contributed by atoms with van der Waals surface area (Å²) in [5.74, 6) is -2.35. The molecule has 14 heteroatoms. The second-order valence-electron chi connectivity index (χ2n) is 11.0. The number of rotatable bonds is 4. The van der Waals surface area contributed by atoms with Crippen LogP contribution in [-0.4, -0.2) is 64.0 Å². The van der Waals surface area contributed by atoms with Crippen LogP contribution in [0.1, 0.15) is 44.7 Å². The Morgan fingerprint density at radius 2 is 1.93 bits per heavy atom. The molecule has 0 amide bonds. The summed E-state index contributed by atoms with van der Waals surface area (Å²) in [7, 11) is 0. The molecule has 0 spiro atoms. The molecule has 43 heavy (non-hydrogen) atoms. The van der Waals surface area contributed by atoms with Crippen molar-refractivity contribution in [1.82, 2.24) is 20.3 Å². The lowest BCUT2D eigenvalue weighted by Gasteiger charge is -2.46. The third kappa shape index (κ3) is 5.65. The van der Waals surface area contributed by atoms with Gasteiger partial charge in [-0.25, -0.2) is 18.7 Å². The van der Waals surface area contributed by atoms with E-state index >= 15 is 4.39 Å². The number of halogens is 5. The largest absolute Gasteiger partial charge is 0.474 e. The summed E-state index contributed by atoms with van der Waals surface area (Å²) in [6.07, 6.45) is -0.552. The molecule has 9 nitrogen and oxygen atoms in total. The number of ether oxygens (including phenoxy) is 1. The predicted octanol–water partition coefficient (Wildman–Crippen LogP) is 4.96. The summed E-state index contributed by atoms with van der Waals surface area (Å²) < 4.78 is 80.3. The molecule has 0 bridgehead atoms. The van der Waals surface area contributed by atoms with E-state index < -0.39 is 52.0 Å². The first kappa shape index (κ1) is 30.7. The first-order chi connectivity index (χ1) is 20.3. The number of alkyl halides is 3. The van der Waals surface area contributed by atoms with Crippen molar-refractivity contribution in [2.75, 3.05) is 35.6 Å². The molecule has 1 aromatic carbocycles.